The first-order valence-corrected chi connectivity index (χ1v) is 9.76. The summed E-state index contributed by atoms with van der Waals surface area (Å²) in [5.41, 5.74) is 0.686. The van der Waals surface area contributed by atoms with Gasteiger partial charge in [-0.2, -0.15) is 5.10 Å². The van der Waals surface area contributed by atoms with Gasteiger partial charge in [0.15, 0.2) is 11.4 Å². The lowest BCUT2D eigenvalue weighted by atomic mass is 10.2. The number of para-hydroxylation sites is 2. The number of hydrogen-bond donors (Lipinski definition) is 0. The first kappa shape index (κ1) is 19.6. The quantitative estimate of drug-likeness (QED) is 0.295. The Balaban J connectivity index is 1.50. The third-order valence-electron chi connectivity index (χ3n) is 4.83. The summed E-state index contributed by atoms with van der Waals surface area (Å²) in [4.78, 5) is 32.3. The normalized spacial score (nSPS) is 11.2. The van der Waals surface area contributed by atoms with Gasteiger partial charge in [0.2, 0.25) is 5.89 Å². The third kappa shape index (κ3) is 3.42. The van der Waals surface area contributed by atoms with Crippen molar-refractivity contribution in [2.24, 2.45) is 0 Å². The van der Waals surface area contributed by atoms with Crippen LogP contribution in [0.5, 0.6) is 0 Å². The zero-order valence-electron chi connectivity index (χ0n) is 16.3. The van der Waals surface area contributed by atoms with Crippen molar-refractivity contribution in [3.63, 3.8) is 0 Å². The van der Waals surface area contributed by atoms with Crippen LogP contribution in [0, 0.1) is 10.1 Å². The van der Waals surface area contributed by atoms with Gasteiger partial charge in [0.05, 0.1) is 17.3 Å². The minimum Gasteiger partial charge on any atom is -0.439 e. The lowest BCUT2D eigenvalue weighted by molar-refractivity contribution is -0.384. The molecule has 0 amide bonds. The fourth-order valence-corrected chi connectivity index (χ4v) is 3.53. The summed E-state index contributed by atoms with van der Waals surface area (Å²) in [5, 5.41) is 16.3. The van der Waals surface area contributed by atoms with Crippen molar-refractivity contribution in [1.82, 2.24) is 24.3 Å². The number of rotatable bonds is 5. The maximum Gasteiger partial charge on any atom is 0.294 e. The molecule has 0 aliphatic carbocycles. The number of hydrogen-bond acceptors (Lipinski definition) is 7. The first-order chi connectivity index (χ1) is 15.5. The standard InChI is InChI=1S/C21H13ClN6O4/c22-14-5-3-4-13(8-14)18-10-23-19(32-18)11-26-12-24-20-15(21(26)29)9-25-27(20)16-6-1-2-7-17(16)28(30)31/h1-10,12H,11H2. The van der Waals surface area contributed by atoms with Crippen LogP contribution in [0.2, 0.25) is 5.02 Å². The summed E-state index contributed by atoms with van der Waals surface area (Å²) in [6, 6.07) is 13.3. The average Bonchev–Trinajstić information content (AvgIpc) is 3.43. The molecule has 0 atom stereocenters. The van der Waals surface area contributed by atoms with Crippen molar-refractivity contribution in [3.8, 4) is 17.0 Å². The smallest absolute Gasteiger partial charge is 0.294 e. The molecule has 5 rings (SSSR count). The summed E-state index contributed by atoms with van der Waals surface area (Å²) < 4.78 is 8.37. The van der Waals surface area contributed by atoms with E-state index >= 15 is 0 Å². The van der Waals surface area contributed by atoms with Crippen LogP contribution < -0.4 is 5.56 Å². The van der Waals surface area contributed by atoms with Crippen LogP contribution in [0.3, 0.4) is 0 Å². The van der Waals surface area contributed by atoms with Gasteiger partial charge in [0.25, 0.3) is 11.2 Å². The molecule has 11 heteroatoms. The number of nitro benzene ring substituents is 1. The molecule has 32 heavy (non-hydrogen) atoms. The summed E-state index contributed by atoms with van der Waals surface area (Å²) in [7, 11) is 0. The maximum absolute atomic E-state index is 13.0. The molecule has 158 valence electrons. The molecule has 0 unspecified atom stereocenters. The van der Waals surface area contributed by atoms with E-state index in [0.717, 1.165) is 5.56 Å². The summed E-state index contributed by atoms with van der Waals surface area (Å²) >= 11 is 6.02. The Morgan fingerprint density at radius 1 is 1.09 bits per heavy atom. The van der Waals surface area contributed by atoms with Gasteiger partial charge < -0.3 is 4.42 Å². The number of halogens is 1. The molecule has 5 aromatic rings. The Morgan fingerprint density at radius 3 is 2.75 bits per heavy atom. The van der Waals surface area contributed by atoms with Gasteiger partial charge in [-0.3, -0.25) is 19.5 Å². The van der Waals surface area contributed by atoms with Crippen molar-refractivity contribution >= 4 is 28.3 Å². The van der Waals surface area contributed by atoms with Gasteiger partial charge in [-0.15, -0.1) is 0 Å². The number of benzene rings is 2. The Bertz CT molecular complexity index is 1540. The summed E-state index contributed by atoms with van der Waals surface area (Å²) in [6.45, 7) is 0.0546. The van der Waals surface area contributed by atoms with Crippen molar-refractivity contribution in [1.29, 1.82) is 0 Å². The predicted octanol–water partition coefficient (Wildman–Crippen LogP) is 3.85. The molecule has 3 aromatic heterocycles. The number of nitrogens with zero attached hydrogens (tertiary/aromatic N) is 6. The van der Waals surface area contributed by atoms with E-state index in [2.05, 4.69) is 15.1 Å². The topological polar surface area (TPSA) is 122 Å². The molecule has 0 saturated heterocycles. The van der Waals surface area contributed by atoms with E-state index in [1.54, 1.807) is 42.6 Å². The van der Waals surface area contributed by atoms with E-state index in [9.17, 15) is 14.9 Å². The van der Waals surface area contributed by atoms with Gasteiger partial charge in [-0.1, -0.05) is 35.9 Å². The molecule has 2 aromatic carbocycles. The molecule has 0 N–H and O–H groups in total. The zero-order valence-corrected chi connectivity index (χ0v) is 17.0. The zero-order chi connectivity index (χ0) is 22.2. The second-order valence-electron chi connectivity index (χ2n) is 6.85. The average molecular weight is 449 g/mol. The lowest BCUT2D eigenvalue weighted by Crippen LogP contribution is -2.21. The number of fused-ring (bicyclic) bond motifs is 1. The Kier molecular flexibility index (Phi) is 4.75. The minimum absolute atomic E-state index is 0.0546. The second kappa shape index (κ2) is 7.75. The molecule has 10 nitrogen and oxygen atoms in total. The molecule has 0 bridgehead atoms. The summed E-state index contributed by atoms with van der Waals surface area (Å²) in [5.74, 6) is 0.836. The predicted molar refractivity (Wildman–Crippen MR) is 116 cm³/mol. The first-order valence-electron chi connectivity index (χ1n) is 9.39. The minimum atomic E-state index is -0.510. The van der Waals surface area contributed by atoms with Crippen LogP contribution in [-0.4, -0.2) is 29.2 Å². The number of oxazole rings is 1. The van der Waals surface area contributed by atoms with Gasteiger partial charge in [-0.25, -0.2) is 14.6 Å². The van der Waals surface area contributed by atoms with Crippen molar-refractivity contribution in [2.75, 3.05) is 0 Å². The van der Waals surface area contributed by atoms with Gasteiger partial charge in [-0.05, 0) is 18.2 Å². The van der Waals surface area contributed by atoms with Gasteiger partial charge in [0, 0.05) is 16.7 Å². The molecule has 0 aliphatic heterocycles. The van der Waals surface area contributed by atoms with E-state index in [4.69, 9.17) is 16.0 Å². The van der Waals surface area contributed by atoms with E-state index in [-0.39, 0.29) is 34.5 Å². The van der Waals surface area contributed by atoms with Gasteiger partial charge in [0.1, 0.15) is 23.9 Å². The Labute approximate surface area is 184 Å². The van der Waals surface area contributed by atoms with Crippen LogP contribution in [0.15, 0.2) is 76.5 Å². The fourth-order valence-electron chi connectivity index (χ4n) is 3.34. The van der Waals surface area contributed by atoms with Crippen LogP contribution in [-0.2, 0) is 6.54 Å². The highest BCUT2D eigenvalue weighted by Crippen LogP contribution is 2.25. The second-order valence-corrected chi connectivity index (χ2v) is 7.28. The molecular weight excluding hydrogens is 436 g/mol. The van der Waals surface area contributed by atoms with Crippen LogP contribution in [0.4, 0.5) is 5.69 Å². The number of nitro groups is 1. The Hall–Kier alpha value is -4.31. The SMILES string of the molecule is O=c1c2cnn(-c3ccccc3[N+](=O)[O-])c2ncn1Cc1ncc(-c2cccc(Cl)c2)o1. The van der Waals surface area contributed by atoms with Crippen LogP contribution in [0.1, 0.15) is 5.89 Å². The van der Waals surface area contributed by atoms with E-state index in [1.807, 2.05) is 6.07 Å². The molecule has 0 radical (unpaired) electrons. The molecule has 3 heterocycles. The summed E-state index contributed by atoms with van der Waals surface area (Å²) in [6.07, 6.45) is 4.23. The van der Waals surface area contributed by atoms with Crippen molar-refractivity contribution in [2.45, 2.75) is 6.54 Å². The van der Waals surface area contributed by atoms with Crippen molar-refractivity contribution < 1.29 is 9.34 Å². The molecule has 0 saturated carbocycles. The molecule has 0 fully saturated rings. The molecule has 0 aliphatic rings. The monoisotopic (exact) mass is 448 g/mol. The van der Waals surface area contributed by atoms with E-state index in [1.165, 1.54) is 27.8 Å². The largest absolute Gasteiger partial charge is 0.439 e. The highest BCUT2D eigenvalue weighted by molar-refractivity contribution is 6.30. The number of aromatic nitrogens is 5. The van der Waals surface area contributed by atoms with E-state index < -0.39 is 4.92 Å². The lowest BCUT2D eigenvalue weighted by Gasteiger charge is -2.05. The molecular formula is C21H13ClN6O4. The van der Waals surface area contributed by atoms with Crippen molar-refractivity contribution in [3.05, 3.63) is 98.6 Å². The Morgan fingerprint density at radius 2 is 1.94 bits per heavy atom. The highest BCUT2D eigenvalue weighted by atomic mass is 35.5. The van der Waals surface area contributed by atoms with E-state index in [0.29, 0.717) is 16.7 Å². The van der Waals surface area contributed by atoms with Crippen LogP contribution in [0.25, 0.3) is 28.0 Å². The fraction of sp³-hybridized carbons (Fsp3) is 0.0476. The maximum atomic E-state index is 13.0. The molecule has 0 spiro atoms. The van der Waals surface area contributed by atoms with Gasteiger partial charge >= 0.3 is 0 Å². The third-order valence-corrected chi connectivity index (χ3v) is 5.06. The van der Waals surface area contributed by atoms with Crippen LogP contribution >= 0.6 is 11.6 Å². The highest BCUT2D eigenvalue weighted by Gasteiger charge is 2.19.